The van der Waals surface area contributed by atoms with Gasteiger partial charge in [-0.15, -0.1) is 0 Å². The van der Waals surface area contributed by atoms with Crippen molar-refractivity contribution in [3.63, 3.8) is 0 Å². The molecule has 0 aliphatic heterocycles. The van der Waals surface area contributed by atoms with Gasteiger partial charge in [-0.05, 0) is 13.8 Å². The van der Waals surface area contributed by atoms with Crippen LogP contribution in [-0.2, 0) is 0 Å². The van der Waals surface area contributed by atoms with E-state index in [0.717, 1.165) is 0 Å². The topological polar surface area (TPSA) is 101 Å². The fourth-order valence-electron chi connectivity index (χ4n) is 1.41. The Labute approximate surface area is 111 Å². The summed E-state index contributed by atoms with van der Waals surface area (Å²) >= 11 is 0. The van der Waals surface area contributed by atoms with Gasteiger partial charge < -0.3 is 15.7 Å². The molecule has 8 nitrogen and oxygen atoms in total. The maximum Gasteiger partial charge on any atom is 0.241 e. The standard InChI is InChI=1S/C11H17N7O/c1-3-13-9-15-10(14-6-8(2)19)17-11(16-9)18-5-4-12-7-18/h4-5,7-8,19H,3,6H2,1-2H3,(H2,13,14,15,16,17). The van der Waals surface area contributed by atoms with Crippen molar-refractivity contribution >= 4 is 11.9 Å². The molecule has 0 fully saturated rings. The van der Waals surface area contributed by atoms with Gasteiger partial charge >= 0.3 is 0 Å². The van der Waals surface area contributed by atoms with Crippen LogP contribution in [0.3, 0.4) is 0 Å². The number of anilines is 2. The molecule has 0 bridgehead atoms. The number of nitrogens with zero attached hydrogens (tertiary/aromatic N) is 5. The number of aromatic nitrogens is 5. The van der Waals surface area contributed by atoms with Crippen LogP contribution in [0.5, 0.6) is 0 Å². The summed E-state index contributed by atoms with van der Waals surface area (Å²) in [6, 6.07) is 0. The van der Waals surface area contributed by atoms with Gasteiger partial charge in [0.05, 0.1) is 6.10 Å². The van der Waals surface area contributed by atoms with E-state index in [4.69, 9.17) is 0 Å². The monoisotopic (exact) mass is 263 g/mol. The maximum atomic E-state index is 9.28. The minimum absolute atomic E-state index is 0.374. The van der Waals surface area contributed by atoms with E-state index in [1.54, 1.807) is 30.2 Å². The van der Waals surface area contributed by atoms with Crippen molar-refractivity contribution in [1.29, 1.82) is 0 Å². The van der Waals surface area contributed by atoms with E-state index in [0.29, 0.717) is 30.9 Å². The molecule has 0 aliphatic rings. The van der Waals surface area contributed by atoms with Crippen LogP contribution in [0.1, 0.15) is 13.8 Å². The molecule has 102 valence electrons. The highest BCUT2D eigenvalue weighted by Gasteiger charge is 2.08. The van der Waals surface area contributed by atoms with Crippen LogP contribution < -0.4 is 10.6 Å². The Balaban J connectivity index is 2.27. The molecule has 0 aromatic carbocycles. The van der Waals surface area contributed by atoms with Gasteiger partial charge in [0.2, 0.25) is 17.8 Å². The van der Waals surface area contributed by atoms with Crippen molar-refractivity contribution in [3.05, 3.63) is 18.7 Å². The summed E-state index contributed by atoms with van der Waals surface area (Å²) in [5.41, 5.74) is 0. The average Bonchev–Trinajstić information content (AvgIpc) is 2.90. The van der Waals surface area contributed by atoms with Crippen molar-refractivity contribution < 1.29 is 5.11 Å². The molecular weight excluding hydrogens is 246 g/mol. The summed E-state index contributed by atoms with van der Waals surface area (Å²) < 4.78 is 1.69. The van der Waals surface area contributed by atoms with Gasteiger partial charge in [-0.3, -0.25) is 4.57 Å². The van der Waals surface area contributed by atoms with Gasteiger partial charge in [-0.2, -0.15) is 15.0 Å². The summed E-state index contributed by atoms with van der Waals surface area (Å²) in [6.45, 7) is 4.74. The summed E-state index contributed by atoms with van der Waals surface area (Å²) in [6.07, 6.45) is 4.54. The van der Waals surface area contributed by atoms with Gasteiger partial charge in [-0.1, -0.05) is 0 Å². The largest absolute Gasteiger partial charge is 0.392 e. The van der Waals surface area contributed by atoms with E-state index in [1.165, 1.54) is 0 Å². The molecule has 0 spiro atoms. The minimum atomic E-state index is -0.476. The Kier molecular flexibility index (Phi) is 4.24. The molecule has 0 saturated heterocycles. The molecule has 2 rings (SSSR count). The highest BCUT2D eigenvalue weighted by molar-refractivity contribution is 5.37. The van der Waals surface area contributed by atoms with Gasteiger partial charge in [0.15, 0.2) is 0 Å². The number of nitrogens with one attached hydrogen (secondary N) is 2. The fraction of sp³-hybridized carbons (Fsp3) is 0.455. The Morgan fingerprint density at radius 1 is 1.26 bits per heavy atom. The van der Waals surface area contributed by atoms with Crippen LogP contribution >= 0.6 is 0 Å². The predicted molar refractivity (Wildman–Crippen MR) is 71.3 cm³/mol. The van der Waals surface area contributed by atoms with Crippen LogP contribution in [0.15, 0.2) is 18.7 Å². The minimum Gasteiger partial charge on any atom is -0.392 e. The molecule has 19 heavy (non-hydrogen) atoms. The Morgan fingerprint density at radius 3 is 2.58 bits per heavy atom. The third-order valence-electron chi connectivity index (χ3n) is 2.25. The predicted octanol–water partition coefficient (Wildman–Crippen LogP) is 0.282. The van der Waals surface area contributed by atoms with Crippen molar-refractivity contribution in [2.45, 2.75) is 20.0 Å². The van der Waals surface area contributed by atoms with Crippen molar-refractivity contribution in [2.24, 2.45) is 0 Å². The molecule has 0 aliphatic carbocycles. The second-order valence-corrected chi connectivity index (χ2v) is 4.01. The zero-order chi connectivity index (χ0) is 13.7. The lowest BCUT2D eigenvalue weighted by atomic mass is 10.4. The molecule has 2 heterocycles. The van der Waals surface area contributed by atoms with Crippen LogP contribution in [0.2, 0.25) is 0 Å². The number of aliphatic hydroxyl groups excluding tert-OH is 1. The highest BCUT2D eigenvalue weighted by atomic mass is 16.3. The first-order valence-electron chi connectivity index (χ1n) is 6.09. The molecule has 1 atom stereocenters. The smallest absolute Gasteiger partial charge is 0.241 e. The normalized spacial score (nSPS) is 12.2. The summed E-state index contributed by atoms with van der Waals surface area (Å²) in [5.74, 6) is 1.36. The molecule has 0 amide bonds. The van der Waals surface area contributed by atoms with Gasteiger partial charge in [0.1, 0.15) is 6.33 Å². The van der Waals surface area contributed by atoms with E-state index >= 15 is 0 Å². The van der Waals surface area contributed by atoms with Crippen LogP contribution in [0.25, 0.3) is 5.95 Å². The summed E-state index contributed by atoms with van der Waals surface area (Å²) in [5, 5.41) is 15.3. The molecule has 2 aromatic rings. The third-order valence-corrected chi connectivity index (χ3v) is 2.25. The second-order valence-electron chi connectivity index (χ2n) is 4.01. The molecular formula is C11H17N7O. The maximum absolute atomic E-state index is 9.28. The van der Waals surface area contributed by atoms with Crippen LogP contribution in [-0.4, -0.2) is 48.8 Å². The Morgan fingerprint density at radius 2 is 2.00 bits per heavy atom. The fourth-order valence-corrected chi connectivity index (χ4v) is 1.41. The lowest BCUT2D eigenvalue weighted by Gasteiger charge is -2.10. The van der Waals surface area contributed by atoms with Crippen LogP contribution in [0, 0.1) is 0 Å². The van der Waals surface area contributed by atoms with Gasteiger partial charge in [0, 0.05) is 25.5 Å². The van der Waals surface area contributed by atoms with Gasteiger partial charge in [0.25, 0.3) is 0 Å². The SMILES string of the molecule is CCNc1nc(NCC(C)O)nc(-n2ccnc2)n1. The number of hydrogen-bond acceptors (Lipinski definition) is 7. The van der Waals surface area contributed by atoms with Crippen molar-refractivity contribution in [1.82, 2.24) is 24.5 Å². The van der Waals surface area contributed by atoms with E-state index in [1.807, 2.05) is 6.92 Å². The molecule has 8 heteroatoms. The number of aliphatic hydroxyl groups is 1. The molecule has 2 aromatic heterocycles. The number of hydrogen-bond donors (Lipinski definition) is 3. The zero-order valence-corrected chi connectivity index (χ0v) is 10.9. The van der Waals surface area contributed by atoms with Crippen molar-refractivity contribution in [2.75, 3.05) is 23.7 Å². The van der Waals surface area contributed by atoms with Crippen LogP contribution in [0.4, 0.5) is 11.9 Å². The molecule has 0 radical (unpaired) electrons. The summed E-state index contributed by atoms with van der Waals surface area (Å²) in [7, 11) is 0. The molecule has 1 unspecified atom stereocenters. The summed E-state index contributed by atoms with van der Waals surface area (Å²) in [4.78, 5) is 16.7. The first-order valence-corrected chi connectivity index (χ1v) is 6.09. The molecule has 3 N–H and O–H groups in total. The first kappa shape index (κ1) is 13.2. The number of rotatable bonds is 6. The van der Waals surface area contributed by atoms with E-state index < -0.39 is 6.10 Å². The molecule has 0 saturated carbocycles. The van der Waals surface area contributed by atoms with E-state index in [9.17, 15) is 5.11 Å². The lowest BCUT2D eigenvalue weighted by Crippen LogP contribution is -2.18. The quantitative estimate of drug-likeness (QED) is 0.688. The lowest BCUT2D eigenvalue weighted by molar-refractivity contribution is 0.208. The highest BCUT2D eigenvalue weighted by Crippen LogP contribution is 2.09. The van der Waals surface area contributed by atoms with Crippen molar-refractivity contribution in [3.8, 4) is 5.95 Å². The first-order chi connectivity index (χ1) is 9.19. The average molecular weight is 263 g/mol. The van der Waals surface area contributed by atoms with E-state index in [2.05, 4.69) is 30.6 Å². The Hall–Kier alpha value is -2.22. The van der Waals surface area contributed by atoms with Gasteiger partial charge in [-0.25, -0.2) is 4.98 Å². The number of imidazole rings is 1. The third kappa shape index (κ3) is 3.62. The second kappa shape index (κ2) is 6.10. The Bertz CT molecular complexity index is 512. The van der Waals surface area contributed by atoms with E-state index in [-0.39, 0.29) is 0 Å². The zero-order valence-electron chi connectivity index (χ0n) is 10.9.